The van der Waals surface area contributed by atoms with E-state index in [4.69, 9.17) is 9.84 Å². The Bertz CT molecular complexity index is 352. The number of carbonyl (C=O) groups is 2. The van der Waals surface area contributed by atoms with E-state index in [1.165, 1.54) is 0 Å². The van der Waals surface area contributed by atoms with Gasteiger partial charge in [0.2, 0.25) is 0 Å². The van der Waals surface area contributed by atoms with E-state index in [2.05, 4.69) is 17.5 Å². The van der Waals surface area contributed by atoms with Crippen molar-refractivity contribution in [3.63, 3.8) is 0 Å². The maximum atomic E-state index is 12.1. The van der Waals surface area contributed by atoms with E-state index in [9.17, 15) is 9.59 Å². The number of amides is 1. The fourth-order valence-corrected chi connectivity index (χ4v) is 2.20. The maximum Gasteiger partial charge on any atom is 0.405 e. The molecule has 1 amide bonds. The predicted molar refractivity (Wildman–Crippen MR) is 60.8 cm³/mol. The second-order valence-corrected chi connectivity index (χ2v) is 4.93. The highest BCUT2D eigenvalue weighted by Gasteiger charge is 2.50. The molecule has 1 fully saturated rings. The minimum atomic E-state index is -1.15. The summed E-state index contributed by atoms with van der Waals surface area (Å²) in [6, 6.07) is -0.648. The molecule has 0 bridgehead atoms. The minimum absolute atomic E-state index is 0.146. The van der Waals surface area contributed by atoms with Crippen LogP contribution in [0.5, 0.6) is 0 Å². The maximum absolute atomic E-state index is 12.1. The zero-order chi connectivity index (χ0) is 12.5. The molecule has 1 aliphatic carbocycles. The fourth-order valence-electron chi connectivity index (χ4n) is 2.20. The Morgan fingerprint density at radius 2 is 2.12 bits per heavy atom. The number of epoxide rings is 1. The molecule has 1 saturated heterocycles. The molecule has 0 radical (unpaired) electrons. The monoisotopic (exact) mass is 239 g/mol. The molecule has 94 valence electrons. The van der Waals surface area contributed by atoms with Crippen LogP contribution < -0.4 is 5.32 Å². The highest BCUT2D eigenvalue weighted by atomic mass is 16.6. The van der Waals surface area contributed by atoms with E-state index in [0.29, 0.717) is 18.9 Å². The van der Waals surface area contributed by atoms with Crippen molar-refractivity contribution in [2.45, 2.75) is 37.8 Å². The van der Waals surface area contributed by atoms with Crippen LogP contribution in [0.2, 0.25) is 0 Å². The summed E-state index contributed by atoms with van der Waals surface area (Å²) < 4.78 is 5.09. The first kappa shape index (κ1) is 12.1. The number of ketones is 1. The summed E-state index contributed by atoms with van der Waals surface area (Å²) in [5, 5.41) is 11.1. The molecule has 1 heterocycles. The Hall–Kier alpha value is -1.36. The molecule has 0 spiro atoms. The van der Waals surface area contributed by atoms with Gasteiger partial charge < -0.3 is 15.2 Å². The summed E-state index contributed by atoms with van der Waals surface area (Å²) in [5.41, 5.74) is -0.765. The van der Waals surface area contributed by atoms with Gasteiger partial charge >= 0.3 is 6.09 Å². The number of hydrogen-bond donors (Lipinski definition) is 2. The molecule has 17 heavy (non-hydrogen) atoms. The Kier molecular flexibility index (Phi) is 3.19. The topological polar surface area (TPSA) is 78.9 Å². The molecule has 2 unspecified atom stereocenters. The lowest BCUT2D eigenvalue weighted by Gasteiger charge is -2.21. The van der Waals surface area contributed by atoms with Crippen LogP contribution in [-0.2, 0) is 9.53 Å². The average Bonchev–Trinajstić information content (AvgIpc) is 2.80. The lowest BCUT2D eigenvalue weighted by atomic mass is 9.91. The standard InChI is InChI=1S/C12H17NO4/c1-12(7-17-12)10(14)9(13-11(15)16)6-8-4-2-3-5-8/h2-3,8-9,13H,4-7H2,1H3,(H,15,16). The van der Waals surface area contributed by atoms with Gasteiger partial charge in [-0.3, -0.25) is 4.79 Å². The number of Topliss-reactive ketones (excluding diaryl/α,β-unsaturated/α-hetero) is 1. The summed E-state index contributed by atoms with van der Waals surface area (Å²) in [4.78, 5) is 22.8. The highest BCUT2D eigenvalue weighted by Crippen LogP contribution is 2.31. The third-order valence-electron chi connectivity index (χ3n) is 3.39. The number of carbonyl (C=O) groups excluding carboxylic acids is 1. The quantitative estimate of drug-likeness (QED) is 0.560. The minimum Gasteiger partial charge on any atom is -0.465 e. The number of rotatable bonds is 5. The van der Waals surface area contributed by atoms with Crippen LogP contribution in [0.15, 0.2) is 12.2 Å². The van der Waals surface area contributed by atoms with Crippen molar-refractivity contribution < 1.29 is 19.4 Å². The second kappa shape index (κ2) is 4.49. The second-order valence-electron chi connectivity index (χ2n) is 4.93. The number of allylic oxidation sites excluding steroid dienone is 2. The van der Waals surface area contributed by atoms with Gasteiger partial charge in [-0.25, -0.2) is 4.79 Å². The molecule has 0 aromatic carbocycles. The van der Waals surface area contributed by atoms with Crippen LogP contribution in [0.3, 0.4) is 0 Å². The lowest BCUT2D eigenvalue weighted by Crippen LogP contribution is -2.46. The summed E-state index contributed by atoms with van der Waals surface area (Å²) in [7, 11) is 0. The molecule has 0 saturated carbocycles. The first-order valence-corrected chi connectivity index (χ1v) is 5.84. The molecule has 2 atom stereocenters. The molecule has 2 N–H and O–H groups in total. The first-order chi connectivity index (χ1) is 8.01. The van der Waals surface area contributed by atoms with Crippen molar-refractivity contribution in [1.82, 2.24) is 5.32 Å². The van der Waals surface area contributed by atoms with Gasteiger partial charge in [-0.15, -0.1) is 0 Å². The Morgan fingerprint density at radius 1 is 1.53 bits per heavy atom. The zero-order valence-corrected chi connectivity index (χ0v) is 9.81. The van der Waals surface area contributed by atoms with E-state index in [1.807, 2.05) is 0 Å². The number of hydrogen-bond acceptors (Lipinski definition) is 3. The first-order valence-electron chi connectivity index (χ1n) is 5.84. The fraction of sp³-hybridized carbons (Fsp3) is 0.667. The summed E-state index contributed by atoms with van der Waals surface area (Å²) in [5.74, 6) is 0.213. The summed E-state index contributed by atoms with van der Waals surface area (Å²) in [6.45, 7) is 2.10. The molecule has 5 nitrogen and oxygen atoms in total. The third-order valence-corrected chi connectivity index (χ3v) is 3.39. The van der Waals surface area contributed by atoms with Gasteiger partial charge in [0, 0.05) is 0 Å². The van der Waals surface area contributed by atoms with E-state index in [-0.39, 0.29) is 5.78 Å². The van der Waals surface area contributed by atoms with Crippen molar-refractivity contribution in [3.05, 3.63) is 12.2 Å². The van der Waals surface area contributed by atoms with Gasteiger partial charge in [-0.2, -0.15) is 0 Å². The molecule has 0 aromatic heterocycles. The van der Waals surface area contributed by atoms with Gasteiger partial charge in [0.15, 0.2) is 5.78 Å². The van der Waals surface area contributed by atoms with Crippen molar-refractivity contribution in [3.8, 4) is 0 Å². The van der Waals surface area contributed by atoms with Gasteiger partial charge in [0.05, 0.1) is 12.6 Å². The van der Waals surface area contributed by atoms with E-state index >= 15 is 0 Å². The van der Waals surface area contributed by atoms with Crippen LogP contribution in [0.1, 0.15) is 26.2 Å². The molecule has 0 aromatic rings. The van der Waals surface area contributed by atoms with Crippen LogP contribution in [-0.4, -0.2) is 35.2 Å². The molecule has 1 aliphatic heterocycles. The molecule has 2 aliphatic rings. The van der Waals surface area contributed by atoms with Crippen LogP contribution >= 0.6 is 0 Å². The van der Waals surface area contributed by atoms with Gasteiger partial charge in [-0.05, 0) is 32.1 Å². The molecule has 2 rings (SSSR count). The van der Waals surface area contributed by atoms with Crippen molar-refractivity contribution in [2.75, 3.05) is 6.61 Å². The van der Waals surface area contributed by atoms with Crippen LogP contribution in [0, 0.1) is 5.92 Å². The van der Waals surface area contributed by atoms with Crippen molar-refractivity contribution >= 4 is 11.9 Å². The normalized spacial score (nSPS) is 29.0. The third kappa shape index (κ3) is 2.85. The van der Waals surface area contributed by atoms with Crippen molar-refractivity contribution in [2.24, 2.45) is 5.92 Å². The van der Waals surface area contributed by atoms with E-state index < -0.39 is 17.7 Å². The lowest BCUT2D eigenvalue weighted by molar-refractivity contribution is -0.125. The van der Waals surface area contributed by atoms with Gasteiger partial charge in [-0.1, -0.05) is 12.2 Å². The summed E-state index contributed by atoms with van der Waals surface area (Å²) in [6.07, 6.45) is 5.38. The summed E-state index contributed by atoms with van der Waals surface area (Å²) >= 11 is 0. The molecular formula is C12H17NO4. The van der Waals surface area contributed by atoms with E-state index in [0.717, 1.165) is 12.8 Å². The molecule has 5 heteroatoms. The zero-order valence-electron chi connectivity index (χ0n) is 9.81. The smallest absolute Gasteiger partial charge is 0.405 e. The largest absolute Gasteiger partial charge is 0.465 e. The van der Waals surface area contributed by atoms with Crippen LogP contribution in [0.25, 0.3) is 0 Å². The predicted octanol–water partition coefficient (Wildman–Crippen LogP) is 1.34. The van der Waals surface area contributed by atoms with Gasteiger partial charge in [0.1, 0.15) is 5.60 Å². The number of ether oxygens (including phenoxy) is 1. The van der Waals surface area contributed by atoms with Gasteiger partial charge in [0.25, 0.3) is 0 Å². The Morgan fingerprint density at radius 3 is 2.59 bits per heavy atom. The number of carboxylic acid groups (broad SMARTS) is 1. The van der Waals surface area contributed by atoms with Crippen molar-refractivity contribution in [1.29, 1.82) is 0 Å². The Labute approximate surface area is 99.8 Å². The van der Waals surface area contributed by atoms with E-state index in [1.54, 1.807) is 6.92 Å². The average molecular weight is 239 g/mol. The highest BCUT2D eigenvalue weighted by molar-refractivity contribution is 5.95. The number of nitrogens with one attached hydrogen (secondary N) is 1. The SMILES string of the molecule is CC1(C(=O)C(CC2CC=CC2)NC(=O)O)CO1. The van der Waals surface area contributed by atoms with Crippen LogP contribution in [0.4, 0.5) is 4.79 Å². The molecular weight excluding hydrogens is 222 g/mol. The Balaban J connectivity index is 1.97.